The molecule has 5 atom stereocenters. The van der Waals surface area contributed by atoms with Gasteiger partial charge in [0.25, 0.3) is 0 Å². The van der Waals surface area contributed by atoms with Crippen LogP contribution in [0.5, 0.6) is 6.01 Å². The molecule has 0 bridgehead atoms. The summed E-state index contributed by atoms with van der Waals surface area (Å²) in [5, 5.41) is 0.249. The Morgan fingerprint density at radius 2 is 2.02 bits per heavy atom. The maximum atomic E-state index is 16.7. The van der Waals surface area contributed by atoms with Crippen LogP contribution in [0.2, 0.25) is 0 Å². The highest BCUT2D eigenvalue weighted by molar-refractivity contribution is 5.94. The van der Waals surface area contributed by atoms with Crippen molar-refractivity contribution in [1.82, 2.24) is 14.9 Å². The van der Waals surface area contributed by atoms with Crippen molar-refractivity contribution in [3.63, 3.8) is 0 Å². The van der Waals surface area contributed by atoms with Gasteiger partial charge in [-0.15, -0.1) is 0 Å². The van der Waals surface area contributed by atoms with Gasteiger partial charge >= 0.3 is 12.0 Å². The lowest BCUT2D eigenvalue weighted by Crippen LogP contribution is -2.56. The fourth-order valence-corrected chi connectivity index (χ4v) is 8.40. The molecular formula is C33H35F3N4O3. The average molecular weight is 593 g/mol. The molecule has 2 aromatic carbocycles. The lowest BCUT2D eigenvalue weighted by atomic mass is 9.79. The zero-order valence-electron chi connectivity index (χ0n) is 24.3. The summed E-state index contributed by atoms with van der Waals surface area (Å²) < 4.78 is 58.8. The number of ether oxygens (including phenoxy) is 2. The highest BCUT2D eigenvalue weighted by Crippen LogP contribution is 2.44. The van der Waals surface area contributed by atoms with E-state index in [1.54, 1.807) is 6.07 Å². The fraction of sp³-hybridized carbons (Fsp3) is 0.545. The maximum absolute atomic E-state index is 16.7. The Morgan fingerprint density at radius 1 is 1.14 bits per heavy atom. The number of nitrogens with zero attached hydrogens (tertiary/aromatic N) is 4. The first-order valence-corrected chi connectivity index (χ1v) is 15.6. The van der Waals surface area contributed by atoms with Gasteiger partial charge in [0.15, 0.2) is 5.82 Å². The summed E-state index contributed by atoms with van der Waals surface area (Å²) in [6, 6.07) is 7.03. The number of piperidine rings is 1. The molecule has 5 heterocycles. The van der Waals surface area contributed by atoms with E-state index >= 15 is 8.78 Å². The maximum Gasteiger partial charge on any atom is 0.319 e. The molecule has 226 valence electrons. The third-order valence-corrected chi connectivity index (χ3v) is 10.5. The number of halogens is 3. The number of fused-ring (bicyclic) bond motifs is 4. The second kappa shape index (κ2) is 10.1. The van der Waals surface area contributed by atoms with Gasteiger partial charge in [0.05, 0.1) is 23.6 Å². The Hall–Kier alpha value is -3.40. The number of hydrogen-bond acceptors (Lipinski definition) is 7. The second-order valence-electron chi connectivity index (χ2n) is 13.1. The Bertz CT molecular complexity index is 1630. The van der Waals surface area contributed by atoms with E-state index < -0.39 is 23.3 Å². The zero-order chi connectivity index (χ0) is 29.5. The smallest absolute Gasteiger partial charge is 0.319 e. The molecule has 1 aliphatic carbocycles. The molecule has 0 N–H and O–H groups in total. The molecule has 7 nitrogen and oxygen atoms in total. The molecule has 5 aliphatic rings. The van der Waals surface area contributed by atoms with Crippen LogP contribution in [0.1, 0.15) is 62.5 Å². The molecule has 3 aromatic rings. The van der Waals surface area contributed by atoms with E-state index in [-0.39, 0.29) is 53.0 Å². The van der Waals surface area contributed by atoms with E-state index in [9.17, 15) is 9.18 Å². The predicted molar refractivity (Wildman–Crippen MR) is 155 cm³/mol. The quantitative estimate of drug-likeness (QED) is 0.351. The van der Waals surface area contributed by atoms with E-state index in [0.29, 0.717) is 43.9 Å². The van der Waals surface area contributed by atoms with Crippen LogP contribution in [0.15, 0.2) is 24.3 Å². The van der Waals surface area contributed by atoms with Crippen molar-refractivity contribution in [3.8, 4) is 17.1 Å². The number of carbonyl (C=O) groups is 1. The largest absolute Gasteiger partial charge is 0.461 e. The lowest BCUT2D eigenvalue weighted by molar-refractivity contribution is -0.185. The highest BCUT2D eigenvalue weighted by Gasteiger charge is 2.50. The van der Waals surface area contributed by atoms with Crippen LogP contribution in [-0.4, -0.2) is 71.4 Å². The first kappa shape index (κ1) is 27.2. The van der Waals surface area contributed by atoms with Crippen molar-refractivity contribution in [2.45, 2.75) is 75.6 Å². The number of aromatic nitrogens is 2. The Kier molecular flexibility index (Phi) is 6.37. The average Bonchev–Trinajstić information content (AvgIpc) is 3.51. The summed E-state index contributed by atoms with van der Waals surface area (Å²) in [6.45, 7) is 4.37. The first-order valence-electron chi connectivity index (χ1n) is 15.6. The van der Waals surface area contributed by atoms with Crippen molar-refractivity contribution >= 4 is 22.7 Å². The summed E-state index contributed by atoms with van der Waals surface area (Å²) in [5.74, 6) is -1.24. The number of rotatable bonds is 5. The molecule has 0 saturated carbocycles. The summed E-state index contributed by atoms with van der Waals surface area (Å²) >= 11 is 0. The normalized spacial score (nSPS) is 30.0. The monoisotopic (exact) mass is 592 g/mol. The first-order chi connectivity index (χ1) is 20.8. The van der Waals surface area contributed by atoms with E-state index in [1.807, 2.05) is 17.0 Å². The lowest BCUT2D eigenvalue weighted by Gasteiger charge is -2.44. The van der Waals surface area contributed by atoms with Gasteiger partial charge in [-0.05, 0) is 73.7 Å². The van der Waals surface area contributed by atoms with Gasteiger partial charge in [0, 0.05) is 24.9 Å². The standard InChI is InChI=1S/C33H35F3N4O3/c1-18-5-2-6-19-7-3-8-22(26(18)19)27-24(35)13-23-29(28(27)36)37-32(42-17-33-10-4-11-40(33)15-20(34)14-33)38-30(23)39-12-9-21-25(16-39)43-31(21)41/h3,7-8,13,18,20-21,25H,2,4-6,9-12,14-17H2,1H3/t18?,20-,21-,25+,33+/m1/s1. The molecule has 0 spiro atoms. The minimum atomic E-state index is -0.911. The number of benzene rings is 2. The van der Waals surface area contributed by atoms with Crippen molar-refractivity contribution in [1.29, 1.82) is 0 Å². The zero-order valence-corrected chi connectivity index (χ0v) is 24.3. The fourth-order valence-electron chi connectivity index (χ4n) is 8.40. The van der Waals surface area contributed by atoms with Crippen LogP contribution in [0.25, 0.3) is 22.0 Å². The van der Waals surface area contributed by atoms with Gasteiger partial charge < -0.3 is 14.4 Å². The van der Waals surface area contributed by atoms with E-state index in [0.717, 1.165) is 49.8 Å². The second-order valence-corrected chi connectivity index (χ2v) is 13.1. The van der Waals surface area contributed by atoms with Crippen LogP contribution in [0, 0.1) is 17.6 Å². The number of anilines is 1. The van der Waals surface area contributed by atoms with Gasteiger partial charge in [-0.1, -0.05) is 25.1 Å². The van der Waals surface area contributed by atoms with Crippen molar-refractivity contribution in [2.75, 3.05) is 37.7 Å². The molecule has 1 unspecified atom stereocenters. The van der Waals surface area contributed by atoms with Crippen LogP contribution in [-0.2, 0) is 16.0 Å². The predicted octanol–water partition coefficient (Wildman–Crippen LogP) is 5.72. The van der Waals surface area contributed by atoms with Gasteiger partial charge in [-0.2, -0.15) is 9.97 Å². The summed E-state index contributed by atoms with van der Waals surface area (Å²) in [7, 11) is 0. The molecule has 8 rings (SSSR count). The number of hydrogen-bond donors (Lipinski definition) is 0. The third kappa shape index (κ3) is 4.30. The van der Waals surface area contributed by atoms with Gasteiger partial charge in [0.2, 0.25) is 0 Å². The van der Waals surface area contributed by atoms with Crippen LogP contribution >= 0.6 is 0 Å². The molecule has 0 radical (unpaired) electrons. The van der Waals surface area contributed by atoms with Gasteiger partial charge in [0.1, 0.15) is 36.0 Å². The molecule has 10 heteroatoms. The van der Waals surface area contributed by atoms with E-state index in [2.05, 4.69) is 16.8 Å². The van der Waals surface area contributed by atoms with E-state index in [1.165, 1.54) is 6.07 Å². The highest BCUT2D eigenvalue weighted by atomic mass is 19.1. The van der Waals surface area contributed by atoms with Crippen LogP contribution < -0.4 is 9.64 Å². The SMILES string of the molecule is CC1CCCc2cccc(-c3c(F)cc4c(N5CC[C@H]6C(=O)O[C@H]6C5)nc(OC[C@@]56CCCN5C[C@H](F)C6)nc4c3F)c21. The number of aryl methyl sites for hydroxylation is 1. The summed E-state index contributed by atoms with van der Waals surface area (Å²) in [6.07, 6.45) is 4.43. The Morgan fingerprint density at radius 3 is 2.86 bits per heavy atom. The third-order valence-electron chi connectivity index (χ3n) is 10.5. The molecule has 0 amide bonds. The summed E-state index contributed by atoms with van der Waals surface area (Å²) in [4.78, 5) is 25.1. The van der Waals surface area contributed by atoms with Crippen molar-refractivity contribution in [3.05, 3.63) is 47.0 Å². The molecule has 43 heavy (non-hydrogen) atoms. The molecule has 4 saturated heterocycles. The van der Waals surface area contributed by atoms with Gasteiger partial charge in [-0.25, -0.2) is 13.2 Å². The molecular weight excluding hydrogens is 557 g/mol. The minimum Gasteiger partial charge on any atom is -0.461 e. The van der Waals surface area contributed by atoms with Crippen LogP contribution in [0.4, 0.5) is 19.0 Å². The Balaban J connectivity index is 1.24. The molecule has 4 aliphatic heterocycles. The Labute approximate surface area is 248 Å². The van der Waals surface area contributed by atoms with Crippen molar-refractivity contribution in [2.24, 2.45) is 5.92 Å². The number of alkyl halides is 1. The number of carbonyl (C=O) groups excluding carboxylic acids is 1. The summed E-state index contributed by atoms with van der Waals surface area (Å²) in [5.41, 5.74) is 2.16. The van der Waals surface area contributed by atoms with Crippen molar-refractivity contribution < 1.29 is 27.4 Å². The molecule has 1 aromatic heterocycles. The topological polar surface area (TPSA) is 67.8 Å². The van der Waals surface area contributed by atoms with E-state index in [4.69, 9.17) is 14.5 Å². The minimum absolute atomic E-state index is 0.0132. The number of esters is 1. The van der Waals surface area contributed by atoms with Crippen LogP contribution in [0.3, 0.4) is 0 Å². The van der Waals surface area contributed by atoms with Gasteiger partial charge in [-0.3, -0.25) is 9.69 Å². The molecule has 4 fully saturated rings.